The number of rotatable bonds is 3. The molecule has 1 aromatic carbocycles. The Balaban J connectivity index is 0.00000220. The van der Waals surface area contributed by atoms with Crippen molar-refractivity contribution >= 4 is 18.3 Å². The molecule has 0 saturated carbocycles. The largest absolute Gasteiger partial charge is 0.508 e. The molecule has 6 heteroatoms. The number of carbonyl (C=O) groups is 1. The number of halogens is 1. The van der Waals surface area contributed by atoms with Crippen molar-refractivity contribution in [1.82, 2.24) is 4.90 Å². The molecule has 1 unspecified atom stereocenters. The van der Waals surface area contributed by atoms with E-state index in [1.165, 1.54) is 12.1 Å². The van der Waals surface area contributed by atoms with Crippen molar-refractivity contribution in [3.05, 3.63) is 24.3 Å². The zero-order chi connectivity index (χ0) is 14.8. The Kier molecular flexibility index (Phi) is 5.87. The van der Waals surface area contributed by atoms with Gasteiger partial charge in [0.2, 0.25) is 0 Å². The molecule has 5 nitrogen and oxygen atoms in total. The summed E-state index contributed by atoms with van der Waals surface area (Å²) >= 11 is 0. The van der Waals surface area contributed by atoms with Gasteiger partial charge in [-0.15, -0.1) is 12.4 Å². The van der Waals surface area contributed by atoms with Crippen LogP contribution >= 0.6 is 12.4 Å². The fraction of sp³-hybridized carbons (Fsp3) is 0.533. The molecule has 0 bridgehead atoms. The van der Waals surface area contributed by atoms with Crippen LogP contribution in [-0.4, -0.2) is 41.7 Å². The number of benzene rings is 1. The maximum absolute atomic E-state index is 12.1. The monoisotopic (exact) mass is 314 g/mol. The molecule has 0 radical (unpaired) electrons. The molecular weight excluding hydrogens is 292 g/mol. The van der Waals surface area contributed by atoms with Crippen LogP contribution in [0, 0.1) is 5.41 Å². The molecule has 3 N–H and O–H groups in total. The van der Waals surface area contributed by atoms with Crippen LogP contribution in [0.25, 0.3) is 0 Å². The van der Waals surface area contributed by atoms with Gasteiger partial charge in [-0.2, -0.15) is 0 Å². The summed E-state index contributed by atoms with van der Waals surface area (Å²) in [6.45, 7) is 5.51. The lowest BCUT2D eigenvalue weighted by molar-refractivity contribution is -0.136. The minimum atomic E-state index is -0.0630. The third-order valence-electron chi connectivity index (χ3n) is 3.86. The number of amides is 1. The van der Waals surface area contributed by atoms with E-state index in [2.05, 4.69) is 13.8 Å². The summed E-state index contributed by atoms with van der Waals surface area (Å²) in [4.78, 5) is 14.0. The van der Waals surface area contributed by atoms with Gasteiger partial charge in [0.05, 0.1) is 0 Å². The summed E-state index contributed by atoms with van der Waals surface area (Å²) < 4.78 is 5.44. The van der Waals surface area contributed by atoms with Gasteiger partial charge in [-0.3, -0.25) is 4.79 Å². The first-order valence-electron chi connectivity index (χ1n) is 6.84. The van der Waals surface area contributed by atoms with E-state index in [1.807, 2.05) is 4.90 Å². The zero-order valence-electron chi connectivity index (χ0n) is 12.4. The van der Waals surface area contributed by atoms with E-state index in [4.69, 9.17) is 10.5 Å². The second-order valence-corrected chi connectivity index (χ2v) is 5.98. The van der Waals surface area contributed by atoms with Crippen LogP contribution in [0.4, 0.5) is 0 Å². The second kappa shape index (κ2) is 7.00. The first kappa shape index (κ1) is 17.6. The Labute approximate surface area is 131 Å². The Hall–Kier alpha value is -1.46. The van der Waals surface area contributed by atoms with Crippen molar-refractivity contribution in [3.63, 3.8) is 0 Å². The predicted molar refractivity (Wildman–Crippen MR) is 83.8 cm³/mol. The van der Waals surface area contributed by atoms with Crippen LogP contribution < -0.4 is 10.5 Å². The SMILES string of the molecule is CC1(C)CN(C(=O)COc2ccc(O)cc2)CCC1N.Cl. The number of likely N-dealkylation sites (tertiary alicyclic amines) is 1. The molecule has 1 amide bonds. The average molecular weight is 315 g/mol. The maximum atomic E-state index is 12.1. The van der Waals surface area contributed by atoms with Crippen LogP contribution in [0.1, 0.15) is 20.3 Å². The standard InChI is InChI=1S/C15H22N2O3.ClH/c1-15(2)10-17(8-7-13(15)16)14(19)9-20-12-5-3-11(18)4-6-12;/h3-6,13,18H,7-10,16H2,1-2H3;1H. The van der Waals surface area contributed by atoms with Crippen molar-refractivity contribution in [1.29, 1.82) is 0 Å². The van der Waals surface area contributed by atoms with E-state index >= 15 is 0 Å². The third-order valence-corrected chi connectivity index (χ3v) is 3.86. The molecule has 1 aromatic rings. The lowest BCUT2D eigenvalue weighted by atomic mass is 9.80. The number of carbonyl (C=O) groups excluding carboxylic acids is 1. The van der Waals surface area contributed by atoms with Crippen molar-refractivity contribution in [2.45, 2.75) is 26.3 Å². The topological polar surface area (TPSA) is 75.8 Å². The molecule has 0 aromatic heterocycles. The number of piperidine rings is 1. The van der Waals surface area contributed by atoms with Crippen molar-refractivity contribution in [2.75, 3.05) is 19.7 Å². The van der Waals surface area contributed by atoms with Gasteiger partial charge < -0.3 is 20.5 Å². The number of nitrogens with two attached hydrogens (primary N) is 1. The molecule has 2 rings (SSSR count). The normalized spacial score (nSPS) is 20.5. The first-order valence-corrected chi connectivity index (χ1v) is 6.84. The summed E-state index contributed by atoms with van der Waals surface area (Å²) in [5, 5.41) is 9.18. The van der Waals surface area contributed by atoms with Crippen molar-refractivity contribution in [2.24, 2.45) is 11.1 Å². The second-order valence-electron chi connectivity index (χ2n) is 5.98. The van der Waals surface area contributed by atoms with E-state index < -0.39 is 0 Å². The maximum Gasteiger partial charge on any atom is 0.260 e. The first-order chi connectivity index (χ1) is 9.38. The number of aromatic hydroxyl groups is 1. The zero-order valence-corrected chi connectivity index (χ0v) is 13.2. The minimum Gasteiger partial charge on any atom is -0.508 e. The summed E-state index contributed by atoms with van der Waals surface area (Å²) in [7, 11) is 0. The van der Waals surface area contributed by atoms with E-state index in [-0.39, 0.29) is 42.1 Å². The highest BCUT2D eigenvalue weighted by atomic mass is 35.5. The number of hydrogen-bond donors (Lipinski definition) is 2. The van der Waals surface area contributed by atoms with Gasteiger partial charge in [0.25, 0.3) is 5.91 Å². The molecule has 0 aliphatic carbocycles. The predicted octanol–water partition coefficient (Wildman–Crippen LogP) is 1.78. The van der Waals surface area contributed by atoms with Crippen LogP contribution in [-0.2, 0) is 4.79 Å². The number of ether oxygens (including phenoxy) is 1. The lowest BCUT2D eigenvalue weighted by Crippen LogP contribution is -2.54. The van der Waals surface area contributed by atoms with Crippen LogP contribution in [0.2, 0.25) is 0 Å². The fourth-order valence-electron chi connectivity index (χ4n) is 2.37. The minimum absolute atomic E-state index is 0. The fourth-order valence-corrected chi connectivity index (χ4v) is 2.37. The third kappa shape index (κ3) is 4.51. The number of phenols is 1. The molecule has 1 aliphatic rings. The molecule has 21 heavy (non-hydrogen) atoms. The highest BCUT2D eigenvalue weighted by Crippen LogP contribution is 2.27. The van der Waals surface area contributed by atoms with Gasteiger partial charge in [-0.1, -0.05) is 13.8 Å². The van der Waals surface area contributed by atoms with Crippen LogP contribution in [0.5, 0.6) is 11.5 Å². The van der Waals surface area contributed by atoms with Gasteiger partial charge in [-0.05, 0) is 36.1 Å². The van der Waals surface area contributed by atoms with Gasteiger partial charge in [0.15, 0.2) is 6.61 Å². The summed E-state index contributed by atoms with van der Waals surface area (Å²) in [6.07, 6.45) is 0.817. The number of phenolic OH excluding ortho intramolecular Hbond substituents is 1. The molecule has 118 valence electrons. The molecule has 1 atom stereocenters. The summed E-state index contributed by atoms with van der Waals surface area (Å²) in [6, 6.07) is 6.47. The number of hydrogen-bond acceptors (Lipinski definition) is 4. The van der Waals surface area contributed by atoms with Crippen molar-refractivity contribution < 1.29 is 14.6 Å². The Bertz CT molecular complexity index is 476. The quantitative estimate of drug-likeness (QED) is 0.891. The molecule has 0 spiro atoms. The molecule has 1 saturated heterocycles. The summed E-state index contributed by atoms with van der Waals surface area (Å²) in [5.41, 5.74) is 6.00. The van der Waals surface area contributed by atoms with Gasteiger partial charge in [-0.25, -0.2) is 0 Å². The van der Waals surface area contributed by atoms with E-state index in [0.717, 1.165) is 6.42 Å². The van der Waals surface area contributed by atoms with E-state index in [0.29, 0.717) is 18.8 Å². The molecule has 1 aliphatic heterocycles. The Morgan fingerprint density at radius 1 is 1.43 bits per heavy atom. The Morgan fingerprint density at radius 2 is 2.05 bits per heavy atom. The average Bonchev–Trinajstić information content (AvgIpc) is 2.41. The molecule has 1 heterocycles. The highest BCUT2D eigenvalue weighted by Gasteiger charge is 2.35. The number of nitrogens with zero attached hydrogens (tertiary/aromatic N) is 1. The van der Waals surface area contributed by atoms with Gasteiger partial charge in [0, 0.05) is 19.1 Å². The van der Waals surface area contributed by atoms with Crippen molar-refractivity contribution in [3.8, 4) is 11.5 Å². The molecule has 1 fully saturated rings. The van der Waals surface area contributed by atoms with Crippen LogP contribution in [0.3, 0.4) is 0 Å². The van der Waals surface area contributed by atoms with Crippen LogP contribution in [0.15, 0.2) is 24.3 Å². The van der Waals surface area contributed by atoms with E-state index in [9.17, 15) is 9.90 Å². The molecular formula is C15H23ClN2O3. The van der Waals surface area contributed by atoms with Gasteiger partial charge >= 0.3 is 0 Å². The smallest absolute Gasteiger partial charge is 0.260 e. The summed E-state index contributed by atoms with van der Waals surface area (Å²) in [5.74, 6) is 0.720. The van der Waals surface area contributed by atoms with Gasteiger partial charge in [0.1, 0.15) is 11.5 Å². The Morgan fingerprint density at radius 3 is 2.62 bits per heavy atom. The highest BCUT2D eigenvalue weighted by molar-refractivity contribution is 5.85. The lowest BCUT2D eigenvalue weighted by Gasteiger charge is -2.42. The van der Waals surface area contributed by atoms with E-state index in [1.54, 1.807) is 12.1 Å².